The standard InChI is InChI=1S/C12H16N2O3S/c1-2-17-12(16)9-5-3-4-7-14(9)11(15)10-13-6-8-18-10/h6,8-9H,2-5,7H2,1H3. The quantitative estimate of drug-likeness (QED) is 0.783. The van der Waals surface area contributed by atoms with Crippen LogP contribution < -0.4 is 0 Å². The van der Waals surface area contributed by atoms with E-state index in [1.54, 1.807) is 23.4 Å². The minimum atomic E-state index is -0.449. The molecule has 1 aliphatic heterocycles. The molecule has 0 aromatic carbocycles. The van der Waals surface area contributed by atoms with Gasteiger partial charge in [-0.3, -0.25) is 4.79 Å². The Kier molecular flexibility index (Phi) is 4.30. The van der Waals surface area contributed by atoms with Crippen LogP contribution >= 0.6 is 11.3 Å². The van der Waals surface area contributed by atoms with E-state index in [9.17, 15) is 9.59 Å². The van der Waals surface area contributed by atoms with Crippen molar-refractivity contribution in [3.05, 3.63) is 16.6 Å². The second kappa shape index (κ2) is 5.95. The molecular formula is C12H16N2O3S. The van der Waals surface area contributed by atoms with Gasteiger partial charge in [-0.05, 0) is 26.2 Å². The van der Waals surface area contributed by atoms with Gasteiger partial charge < -0.3 is 9.64 Å². The maximum Gasteiger partial charge on any atom is 0.328 e. The lowest BCUT2D eigenvalue weighted by Gasteiger charge is -2.33. The summed E-state index contributed by atoms with van der Waals surface area (Å²) in [6.45, 7) is 2.71. The number of piperidine rings is 1. The summed E-state index contributed by atoms with van der Waals surface area (Å²) in [6.07, 6.45) is 4.15. The van der Waals surface area contributed by atoms with E-state index >= 15 is 0 Å². The largest absolute Gasteiger partial charge is 0.464 e. The predicted molar refractivity (Wildman–Crippen MR) is 67.4 cm³/mol. The van der Waals surface area contributed by atoms with Gasteiger partial charge in [-0.25, -0.2) is 9.78 Å². The van der Waals surface area contributed by atoms with Crippen molar-refractivity contribution >= 4 is 23.2 Å². The smallest absolute Gasteiger partial charge is 0.328 e. The molecule has 2 heterocycles. The van der Waals surface area contributed by atoms with E-state index in [0.717, 1.165) is 12.8 Å². The molecule has 1 aliphatic rings. The van der Waals surface area contributed by atoms with E-state index in [4.69, 9.17) is 4.74 Å². The molecule has 0 bridgehead atoms. The molecule has 2 rings (SSSR count). The van der Waals surface area contributed by atoms with Crippen molar-refractivity contribution in [2.45, 2.75) is 32.2 Å². The van der Waals surface area contributed by atoms with Gasteiger partial charge in [0.2, 0.25) is 0 Å². The van der Waals surface area contributed by atoms with Crippen LogP contribution in [0.3, 0.4) is 0 Å². The zero-order valence-electron chi connectivity index (χ0n) is 10.3. The molecule has 1 fully saturated rings. The number of hydrogen-bond donors (Lipinski definition) is 0. The van der Waals surface area contributed by atoms with Crippen molar-refractivity contribution < 1.29 is 14.3 Å². The van der Waals surface area contributed by atoms with Crippen molar-refractivity contribution in [1.82, 2.24) is 9.88 Å². The number of likely N-dealkylation sites (tertiary alicyclic amines) is 1. The number of hydrogen-bond acceptors (Lipinski definition) is 5. The Bertz CT molecular complexity index is 419. The van der Waals surface area contributed by atoms with Gasteiger partial charge in [0.05, 0.1) is 6.61 Å². The van der Waals surface area contributed by atoms with Gasteiger partial charge in [0, 0.05) is 18.1 Å². The van der Waals surface area contributed by atoms with Gasteiger partial charge in [0.25, 0.3) is 5.91 Å². The van der Waals surface area contributed by atoms with E-state index in [-0.39, 0.29) is 11.9 Å². The molecule has 0 spiro atoms. The number of esters is 1. The summed E-state index contributed by atoms with van der Waals surface area (Å²) in [6, 6.07) is -0.449. The summed E-state index contributed by atoms with van der Waals surface area (Å²) < 4.78 is 5.03. The Labute approximate surface area is 110 Å². The van der Waals surface area contributed by atoms with E-state index in [2.05, 4.69) is 4.98 Å². The second-order valence-corrected chi connectivity index (χ2v) is 4.99. The molecule has 18 heavy (non-hydrogen) atoms. The van der Waals surface area contributed by atoms with Crippen LogP contribution in [0.15, 0.2) is 11.6 Å². The molecule has 0 aliphatic carbocycles. The Balaban J connectivity index is 2.12. The van der Waals surface area contributed by atoms with Crippen LogP contribution in [-0.2, 0) is 9.53 Å². The van der Waals surface area contributed by atoms with Crippen LogP contribution in [-0.4, -0.2) is 41.0 Å². The Hall–Kier alpha value is -1.43. The SMILES string of the molecule is CCOC(=O)C1CCCCN1C(=O)c1nccs1. The molecule has 0 radical (unpaired) electrons. The minimum absolute atomic E-state index is 0.164. The number of nitrogens with zero attached hydrogens (tertiary/aromatic N) is 2. The average molecular weight is 268 g/mol. The number of thiazole rings is 1. The maximum absolute atomic E-state index is 12.2. The Morgan fingerprint density at radius 2 is 2.39 bits per heavy atom. The first-order chi connectivity index (χ1) is 8.74. The summed E-state index contributed by atoms with van der Waals surface area (Å²) in [4.78, 5) is 29.7. The molecular weight excluding hydrogens is 252 g/mol. The number of aromatic nitrogens is 1. The molecule has 1 unspecified atom stereocenters. The van der Waals surface area contributed by atoms with E-state index in [1.165, 1.54) is 11.3 Å². The summed E-state index contributed by atoms with van der Waals surface area (Å²) in [7, 11) is 0. The molecule has 1 aromatic heterocycles. The molecule has 1 saturated heterocycles. The highest BCUT2D eigenvalue weighted by atomic mass is 32.1. The third kappa shape index (κ3) is 2.69. The van der Waals surface area contributed by atoms with Crippen LogP contribution in [0.5, 0.6) is 0 Å². The number of rotatable bonds is 3. The van der Waals surface area contributed by atoms with Gasteiger partial charge in [0.15, 0.2) is 5.01 Å². The number of amides is 1. The average Bonchev–Trinajstić information content (AvgIpc) is 2.92. The molecule has 1 aromatic rings. The number of carbonyl (C=O) groups excluding carboxylic acids is 2. The lowest BCUT2D eigenvalue weighted by Crippen LogP contribution is -2.48. The Morgan fingerprint density at radius 1 is 1.56 bits per heavy atom. The zero-order chi connectivity index (χ0) is 13.0. The highest BCUT2D eigenvalue weighted by Gasteiger charge is 2.34. The van der Waals surface area contributed by atoms with Crippen LogP contribution in [0.2, 0.25) is 0 Å². The van der Waals surface area contributed by atoms with Crippen LogP contribution in [0.1, 0.15) is 36.0 Å². The first-order valence-corrected chi connectivity index (χ1v) is 6.99. The number of carbonyl (C=O) groups is 2. The molecule has 0 saturated carbocycles. The summed E-state index contributed by atoms with van der Waals surface area (Å²) >= 11 is 1.30. The normalized spacial score (nSPS) is 19.6. The molecule has 0 N–H and O–H groups in total. The zero-order valence-corrected chi connectivity index (χ0v) is 11.1. The van der Waals surface area contributed by atoms with Gasteiger partial charge in [0.1, 0.15) is 6.04 Å². The first kappa shape index (κ1) is 13.0. The fraction of sp³-hybridized carbons (Fsp3) is 0.583. The van der Waals surface area contributed by atoms with Crippen molar-refractivity contribution in [2.75, 3.05) is 13.2 Å². The molecule has 6 heteroatoms. The van der Waals surface area contributed by atoms with E-state index in [0.29, 0.717) is 24.6 Å². The highest BCUT2D eigenvalue weighted by Crippen LogP contribution is 2.21. The topological polar surface area (TPSA) is 59.5 Å². The summed E-state index contributed by atoms with van der Waals surface area (Å²) in [5.41, 5.74) is 0. The van der Waals surface area contributed by atoms with Crippen LogP contribution in [0.4, 0.5) is 0 Å². The van der Waals surface area contributed by atoms with Gasteiger partial charge in [-0.1, -0.05) is 0 Å². The summed E-state index contributed by atoms with van der Waals surface area (Å²) in [5.74, 6) is -0.468. The highest BCUT2D eigenvalue weighted by molar-refractivity contribution is 7.11. The third-order valence-corrected chi connectivity index (χ3v) is 3.70. The number of ether oxygens (including phenoxy) is 1. The van der Waals surface area contributed by atoms with Crippen LogP contribution in [0, 0.1) is 0 Å². The van der Waals surface area contributed by atoms with Gasteiger partial charge in [-0.2, -0.15) is 0 Å². The van der Waals surface area contributed by atoms with E-state index in [1.807, 2.05) is 0 Å². The third-order valence-electron chi connectivity index (χ3n) is 2.94. The Morgan fingerprint density at radius 3 is 3.06 bits per heavy atom. The minimum Gasteiger partial charge on any atom is -0.464 e. The first-order valence-electron chi connectivity index (χ1n) is 6.11. The fourth-order valence-electron chi connectivity index (χ4n) is 2.11. The lowest BCUT2D eigenvalue weighted by atomic mass is 10.0. The van der Waals surface area contributed by atoms with E-state index < -0.39 is 6.04 Å². The second-order valence-electron chi connectivity index (χ2n) is 4.10. The predicted octanol–water partition coefficient (Wildman–Crippen LogP) is 1.70. The van der Waals surface area contributed by atoms with Gasteiger partial charge in [-0.15, -0.1) is 11.3 Å². The van der Waals surface area contributed by atoms with Crippen molar-refractivity contribution in [2.24, 2.45) is 0 Å². The fourth-order valence-corrected chi connectivity index (χ4v) is 2.70. The van der Waals surface area contributed by atoms with Gasteiger partial charge >= 0.3 is 5.97 Å². The molecule has 1 atom stereocenters. The molecule has 98 valence electrons. The van der Waals surface area contributed by atoms with Crippen LogP contribution in [0.25, 0.3) is 0 Å². The van der Waals surface area contributed by atoms with Crippen molar-refractivity contribution in [1.29, 1.82) is 0 Å². The van der Waals surface area contributed by atoms with Crippen molar-refractivity contribution in [3.8, 4) is 0 Å². The molecule has 5 nitrogen and oxygen atoms in total. The lowest BCUT2D eigenvalue weighted by molar-refractivity contribution is -0.149. The molecule has 1 amide bonds. The summed E-state index contributed by atoms with van der Waals surface area (Å²) in [5, 5.41) is 2.20. The maximum atomic E-state index is 12.2. The van der Waals surface area contributed by atoms with Crippen molar-refractivity contribution in [3.63, 3.8) is 0 Å². The monoisotopic (exact) mass is 268 g/mol.